The van der Waals surface area contributed by atoms with Gasteiger partial charge in [-0.05, 0) is 25.7 Å². The van der Waals surface area contributed by atoms with Crippen molar-refractivity contribution in [1.82, 2.24) is 0 Å². The maximum Gasteiger partial charge on any atom is 0.0780 e. The number of rotatable bonds is 13. The predicted molar refractivity (Wildman–Crippen MR) is 94.7 cm³/mol. The molecule has 0 radical (unpaired) electrons. The lowest BCUT2D eigenvalue weighted by molar-refractivity contribution is -0.870. The van der Waals surface area contributed by atoms with Gasteiger partial charge in [-0.15, -0.1) is 0 Å². The van der Waals surface area contributed by atoms with E-state index in [-0.39, 0.29) is 6.42 Å². The quantitative estimate of drug-likeness (QED) is 0.378. The van der Waals surface area contributed by atoms with E-state index < -0.39 is 5.97 Å². The molecule has 0 aliphatic rings. The third kappa shape index (κ3) is 27.7. The van der Waals surface area contributed by atoms with Gasteiger partial charge in [0, 0.05) is 5.97 Å². The summed E-state index contributed by atoms with van der Waals surface area (Å²) in [5.41, 5.74) is 0. The zero-order valence-corrected chi connectivity index (χ0v) is 16.0. The van der Waals surface area contributed by atoms with Crippen molar-refractivity contribution in [2.75, 3.05) is 27.7 Å². The summed E-state index contributed by atoms with van der Waals surface area (Å²) in [6, 6.07) is 0. The standard InChI is InChI=1S/C10H20O2.C9H22N/c1-2-3-4-5-6-7-8-9-10(11)12;1-5-6-7-8-9-10(2,3)4/h2-9H2,1H3,(H,11,12);5-9H2,1-4H3/q;+1/p-1. The highest BCUT2D eigenvalue weighted by atomic mass is 16.4. The fourth-order valence-corrected chi connectivity index (χ4v) is 2.24. The fraction of sp³-hybridized carbons (Fsp3) is 0.947. The molecule has 3 heteroatoms. The Hall–Kier alpha value is -0.570. The summed E-state index contributed by atoms with van der Waals surface area (Å²) in [6.45, 7) is 5.77. The second-order valence-corrected chi connectivity index (χ2v) is 7.32. The number of quaternary nitrogens is 1. The number of hydrogen-bond acceptors (Lipinski definition) is 2. The van der Waals surface area contributed by atoms with Gasteiger partial charge in [0.2, 0.25) is 0 Å². The first-order chi connectivity index (χ1) is 10.3. The Bertz CT molecular complexity index is 234. The summed E-state index contributed by atoms with van der Waals surface area (Å²) >= 11 is 0. The summed E-state index contributed by atoms with van der Waals surface area (Å²) in [5.74, 6) is -0.913. The van der Waals surface area contributed by atoms with Crippen LogP contribution in [0.2, 0.25) is 0 Å². The van der Waals surface area contributed by atoms with Gasteiger partial charge in [0.05, 0.1) is 27.7 Å². The zero-order valence-electron chi connectivity index (χ0n) is 16.0. The van der Waals surface area contributed by atoms with Crippen LogP contribution >= 0.6 is 0 Å². The average Bonchev–Trinajstić information content (AvgIpc) is 2.42. The number of aliphatic carboxylic acids is 1. The molecule has 0 aromatic carbocycles. The highest BCUT2D eigenvalue weighted by Gasteiger charge is 2.04. The van der Waals surface area contributed by atoms with Crippen LogP contribution in [0.3, 0.4) is 0 Å². The van der Waals surface area contributed by atoms with Crippen molar-refractivity contribution in [1.29, 1.82) is 0 Å². The monoisotopic (exact) mass is 315 g/mol. The largest absolute Gasteiger partial charge is 0.550 e. The average molecular weight is 316 g/mol. The van der Waals surface area contributed by atoms with Crippen LogP contribution in [0, 0.1) is 0 Å². The summed E-state index contributed by atoms with van der Waals surface area (Å²) in [7, 11) is 6.77. The second-order valence-electron chi connectivity index (χ2n) is 7.32. The summed E-state index contributed by atoms with van der Waals surface area (Å²) in [5, 5.41) is 10.0. The van der Waals surface area contributed by atoms with E-state index in [1.54, 1.807) is 0 Å². The molecule has 3 nitrogen and oxygen atoms in total. The topological polar surface area (TPSA) is 40.1 Å². The van der Waals surface area contributed by atoms with Crippen molar-refractivity contribution in [2.24, 2.45) is 0 Å². The second kappa shape index (κ2) is 16.8. The molecule has 22 heavy (non-hydrogen) atoms. The molecule has 0 spiro atoms. The Morgan fingerprint density at radius 3 is 1.55 bits per heavy atom. The fourth-order valence-electron chi connectivity index (χ4n) is 2.24. The van der Waals surface area contributed by atoms with Gasteiger partial charge >= 0.3 is 0 Å². The van der Waals surface area contributed by atoms with Crippen molar-refractivity contribution in [3.63, 3.8) is 0 Å². The molecule has 134 valence electrons. The Morgan fingerprint density at radius 2 is 1.14 bits per heavy atom. The number of carboxylic acids is 1. The van der Waals surface area contributed by atoms with E-state index in [0.717, 1.165) is 17.3 Å². The lowest BCUT2D eigenvalue weighted by atomic mass is 10.1. The first-order valence-electron chi connectivity index (χ1n) is 9.33. The molecule has 0 N–H and O–H groups in total. The first kappa shape index (κ1) is 23.7. The minimum atomic E-state index is -0.913. The van der Waals surface area contributed by atoms with Crippen LogP contribution in [0.4, 0.5) is 0 Å². The van der Waals surface area contributed by atoms with Gasteiger partial charge in [-0.25, -0.2) is 0 Å². The van der Waals surface area contributed by atoms with Crippen LogP contribution < -0.4 is 5.11 Å². The van der Waals surface area contributed by atoms with Crippen LogP contribution in [0.25, 0.3) is 0 Å². The number of carboxylic acid groups (broad SMARTS) is 1. The first-order valence-corrected chi connectivity index (χ1v) is 9.33. The molecule has 0 heterocycles. The molecular formula is C19H41NO2. The van der Waals surface area contributed by atoms with E-state index in [1.165, 1.54) is 64.3 Å². The maximum absolute atomic E-state index is 10.0. The Balaban J connectivity index is 0. The molecule has 0 aromatic rings. The van der Waals surface area contributed by atoms with E-state index in [9.17, 15) is 9.90 Å². The van der Waals surface area contributed by atoms with Gasteiger partial charge in [0.1, 0.15) is 0 Å². The highest BCUT2D eigenvalue weighted by Crippen LogP contribution is 2.07. The third-order valence-corrected chi connectivity index (χ3v) is 3.67. The van der Waals surface area contributed by atoms with Crippen molar-refractivity contribution >= 4 is 5.97 Å². The van der Waals surface area contributed by atoms with E-state index >= 15 is 0 Å². The van der Waals surface area contributed by atoms with Crippen LogP contribution in [0.5, 0.6) is 0 Å². The van der Waals surface area contributed by atoms with E-state index in [4.69, 9.17) is 0 Å². The molecule has 0 bridgehead atoms. The van der Waals surface area contributed by atoms with Crippen LogP contribution in [-0.4, -0.2) is 38.1 Å². The lowest BCUT2D eigenvalue weighted by Gasteiger charge is -2.23. The zero-order chi connectivity index (χ0) is 17.3. The van der Waals surface area contributed by atoms with E-state index in [1.807, 2.05) is 0 Å². The normalized spacial score (nSPS) is 11.0. The Labute approximate surface area is 139 Å². The molecule has 0 fully saturated rings. The van der Waals surface area contributed by atoms with Gasteiger partial charge in [-0.1, -0.05) is 65.2 Å². The number of nitrogens with zero attached hydrogens (tertiary/aromatic N) is 1. The lowest BCUT2D eigenvalue weighted by Crippen LogP contribution is -2.35. The summed E-state index contributed by atoms with van der Waals surface area (Å²) in [4.78, 5) is 10.0. The van der Waals surface area contributed by atoms with Gasteiger partial charge in [-0.2, -0.15) is 0 Å². The Morgan fingerprint density at radius 1 is 0.727 bits per heavy atom. The van der Waals surface area contributed by atoms with Gasteiger partial charge in [0.15, 0.2) is 0 Å². The van der Waals surface area contributed by atoms with Gasteiger partial charge in [0.25, 0.3) is 0 Å². The molecule has 0 rings (SSSR count). The highest BCUT2D eigenvalue weighted by molar-refractivity contribution is 5.63. The van der Waals surface area contributed by atoms with Crippen molar-refractivity contribution in [3.8, 4) is 0 Å². The molecule has 0 atom stereocenters. The number of unbranched alkanes of at least 4 members (excludes halogenated alkanes) is 9. The SMILES string of the molecule is CCCCCCCCCC(=O)[O-].CCCCCC[N+](C)(C)C. The number of carbonyl (C=O) groups excluding carboxylic acids is 1. The molecule has 0 amide bonds. The van der Waals surface area contributed by atoms with Crippen LogP contribution in [0.1, 0.15) is 90.9 Å². The van der Waals surface area contributed by atoms with E-state index in [0.29, 0.717) is 0 Å². The van der Waals surface area contributed by atoms with Crippen molar-refractivity contribution in [2.45, 2.75) is 90.9 Å². The minimum Gasteiger partial charge on any atom is -0.550 e. The predicted octanol–water partition coefficient (Wildman–Crippen LogP) is 4.15. The Kier molecular flexibility index (Phi) is 18.1. The summed E-state index contributed by atoms with van der Waals surface area (Å²) < 4.78 is 1.11. The molecule has 0 aromatic heterocycles. The molecule has 0 aliphatic carbocycles. The molecule has 0 aliphatic heterocycles. The van der Waals surface area contributed by atoms with Crippen LogP contribution in [0.15, 0.2) is 0 Å². The number of hydrogen-bond donors (Lipinski definition) is 0. The van der Waals surface area contributed by atoms with Crippen LogP contribution in [-0.2, 0) is 4.79 Å². The molecule has 0 unspecified atom stereocenters. The maximum atomic E-state index is 10.0. The molecule has 0 saturated carbocycles. The minimum absolute atomic E-state index is 0.230. The van der Waals surface area contributed by atoms with Gasteiger partial charge < -0.3 is 14.4 Å². The molecule has 0 saturated heterocycles. The molecular weight excluding hydrogens is 274 g/mol. The van der Waals surface area contributed by atoms with Gasteiger partial charge in [-0.3, -0.25) is 0 Å². The van der Waals surface area contributed by atoms with Crippen molar-refractivity contribution < 1.29 is 14.4 Å². The van der Waals surface area contributed by atoms with Crippen molar-refractivity contribution in [3.05, 3.63) is 0 Å². The van der Waals surface area contributed by atoms with E-state index in [2.05, 4.69) is 35.0 Å². The number of carbonyl (C=O) groups is 1. The summed E-state index contributed by atoms with van der Waals surface area (Å²) in [6.07, 6.45) is 13.9. The third-order valence-electron chi connectivity index (χ3n) is 3.67. The smallest absolute Gasteiger partial charge is 0.0780 e.